The van der Waals surface area contributed by atoms with E-state index in [0.29, 0.717) is 12.1 Å². The second-order valence-corrected chi connectivity index (χ2v) is 9.73. The Morgan fingerprint density at radius 1 is 0.973 bits per heavy atom. The molecule has 1 N–H and O–H groups in total. The summed E-state index contributed by atoms with van der Waals surface area (Å²) in [7, 11) is 1.67. The predicted molar refractivity (Wildman–Crippen MR) is 148 cm³/mol. The SMILES string of the molecule is COc1ccc(CSc2nc3ccncc3n2Cc2ccc(C(=O)N[C@@H](C)c3ccccc3)cc2)cc1. The molecule has 7 heteroatoms. The summed E-state index contributed by atoms with van der Waals surface area (Å²) in [6.07, 6.45) is 3.62. The Hall–Kier alpha value is -4.10. The minimum Gasteiger partial charge on any atom is -0.497 e. The molecule has 5 aromatic rings. The van der Waals surface area contributed by atoms with Crippen LogP contribution in [0.3, 0.4) is 0 Å². The van der Waals surface area contributed by atoms with Gasteiger partial charge in [-0.2, -0.15) is 0 Å². The zero-order valence-electron chi connectivity index (χ0n) is 20.8. The van der Waals surface area contributed by atoms with Crippen LogP contribution in [-0.2, 0) is 12.3 Å². The number of carbonyl (C=O) groups excluding carboxylic acids is 1. The number of imidazole rings is 1. The van der Waals surface area contributed by atoms with Crippen molar-refractivity contribution in [3.63, 3.8) is 0 Å². The quantitative estimate of drug-likeness (QED) is 0.238. The number of nitrogens with zero attached hydrogens (tertiary/aromatic N) is 3. The number of ether oxygens (including phenoxy) is 1. The molecular weight excluding hydrogens is 480 g/mol. The van der Waals surface area contributed by atoms with Gasteiger partial charge >= 0.3 is 0 Å². The lowest BCUT2D eigenvalue weighted by molar-refractivity contribution is 0.0940. The van der Waals surface area contributed by atoms with Crippen molar-refractivity contribution < 1.29 is 9.53 Å². The fraction of sp³-hybridized carbons (Fsp3) is 0.167. The molecule has 1 atom stereocenters. The number of fused-ring (bicyclic) bond motifs is 1. The van der Waals surface area contributed by atoms with E-state index in [4.69, 9.17) is 9.72 Å². The van der Waals surface area contributed by atoms with Gasteiger partial charge in [0, 0.05) is 17.5 Å². The number of pyridine rings is 1. The number of amides is 1. The molecule has 0 aliphatic rings. The van der Waals surface area contributed by atoms with E-state index in [-0.39, 0.29) is 11.9 Å². The van der Waals surface area contributed by atoms with Crippen LogP contribution in [0.1, 0.15) is 40.0 Å². The average Bonchev–Trinajstić information content (AvgIpc) is 3.30. The first-order chi connectivity index (χ1) is 18.1. The highest BCUT2D eigenvalue weighted by atomic mass is 32.2. The van der Waals surface area contributed by atoms with Crippen molar-refractivity contribution in [3.05, 3.63) is 120 Å². The number of carbonyl (C=O) groups is 1. The highest BCUT2D eigenvalue weighted by Gasteiger charge is 2.14. The Labute approximate surface area is 220 Å². The largest absolute Gasteiger partial charge is 0.497 e. The third kappa shape index (κ3) is 5.84. The number of aromatic nitrogens is 3. The van der Waals surface area contributed by atoms with Gasteiger partial charge in [0.2, 0.25) is 0 Å². The number of methoxy groups -OCH3 is 1. The molecule has 0 aliphatic heterocycles. The summed E-state index contributed by atoms with van der Waals surface area (Å²) in [6.45, 7) is 2.63. The van der Waals surface area contributed by atoms with Gasteiger partial charge in [0.05, 0.1) is 36.9 Å². The van der Waals surface area contributed by atoms with E-state index >= 15 is 0 Å². The molecule has 0 fully saturated rings. The lowest BCUT2D eigenvalue weighted by Crippen LogP contribution is -2.26. The van der Waals surface area contributed by atoms with E-state index in [1.165, 1.54) is 5.56 Å². The molecule has 2 heterocycles. The summed E-state index contributed by atoms with van der Waals surface area (Å²) in [6, 6.07) is 27.7. The van der Waals surface area contributed by atoms with Crippen molar-refractivity contribution in [2.75, 3.05) is 7.11 Å². The second-order valence-electron chi connectivity index (χ2n) is 8.78. The van der Waals surface area contributed by atoms with E-state index in [1.54, 1.807) is 25.1 Å². The van der Waals surface area contributed by atoms with Crippen LogP contribution in [0.2, 0.25) is 0 Å². The number of nitrogens with one attached hydrogen (secondary N) is 1. The number of benzene rings is 3. The van der Waals surface area contributed by atoms with Gasteiger partial charge in [0.15, 0.2) is 5.16 Å². The van der Waals surface area contributed by atoms with Gasteiger partial charge in [-0.25, -0.2) is 4.98 Å². The van der Waals surface area contributed by atoms with Gasteiger partial charge in [0.25, 0.3) is 5.91 Å². The monoisotopic (exact) mass is 508 g/mol. The van der Waals surface area contributed by atoms with Crippen LogP contribution in [-0.4, -0.2) is 27.6 Å². The number of hydrogen-bond acceptors (Lipinski definition) is 5. The van der Waals surface area contributed by atoms with Crippen LogP contribution in [0.4, 0.5) is 0 Å². The van der Waals surface area contributed by atoms with Gasteiger partial charge in [0.1, 0.15) is 5.75 Å². The smallest absolute Gasteiger partial charge is 0.251 e. The third-order valence-corrected chi connectivity index (χ3v) is 7.29. The zero-order valence-corrected chi connectivity index (χ0v) is 21.6. The summed E-state index contributed by atoms with van der Waals surface area (Å²) in [5.41, 5.74) is 5.90. The Bertz CT molecular complexity index is 1480. The number of rotatable bonds is 9. The second kappa shape index (κ2) is 11.3. The van der Waals surface area contributed by atoms with Crippen molar-refractivity contribution in [3.8, 4) is 5.75 Å². The molecule has 186 valence electrons. The van der Waals surface area contributed by atoms with E-state index in [0.717, 1.165) is 38.8 Å². The first kappa shape index (κ1) is 24.6. The molecular formula is C30H28N4O2S. The maximum absolute atomic E-state index is 12.8. The van der Waals surface area contributed by atoms with Crippen LogP contribution in [0, 0.1) is 0 Å². The van der Waals surface area contributed by atoms with Crippen molar-refractivity contribution in [1.82, 2.24) is 19.9 Å². The molecule has 1 amide bonds. The zero-order chi connectivity index (χ0) is 25.6. The molecule has 0 spiro atoms. The van der Waals surface area contributed by atoms with Gasteiger partial charge in [-0.15, -0.1) is 0 Å². The van der Waals surface area contributed by atoms with Crippen LogP contribution < -0.4 is 10.1 Å². The topological polar surface area (TPSA) is 69.0 Å². The summed E-state index contributed by atoms with van der Waals surface area (Å²) in [5.74, 6) is 1.55. The van der Waals surface area contributed by atoms with Crippen LogP contribution in [0.15, 0.2) is 102 Å². The standard InChI is InChI=1S/C30H28N4O2S/c1-21(24-6-4-3-5-7-24)32-29(35)25-12-8-22(9-13-25)19-34-28-18-31-17-16-27(28)33-30(34)37-20-23-10-14-26(36-2)15-11-23/h3-18,21H,19-20H2,1-2H3,(H,32,35)/t21-/m0/s1. The molecule has 37 heavy (non-hydrogen) atoms. The lowest BCUT2D eigenvalue weighted by Gasteiger charge is -2.14. The lowest BCUT2D eigenvalue weighted by atomic mass is 10.1. The minimum atomic E-state index is -0.0871. The summed E-state index contributed by atoms with van der Waals surface area (Å²) < 4.78 is 7.45. The van der Waals surface area contributed by atoms with Crippen LogP contribution in [0.25, 0.3) is 11.0 Å². The van der Waals surface area contributed by atoms with Crippen LogP contribution >= 0.6 is 11.8 Å². The highest BCUT2D eigenvalue weighted by molar-refractivity contribution is 7.98. The molecule has 0 radical (unpaired) electrons. The number of hydrogen-bond donors (Lipinski definition) is 1. The third-order valence-electron chi connectivity index (χ3n) is 6.25. The maximum Gasteiger partial charge on any atom is 0.251 e. The van der Waals surface area contributed by atoms with E-state index < -0.39 is 0 Å². The van der Waals surface area contributed by atoms with Gasteiger partial charge in [-0.1, -0.05) is 66.4 Å². The molecule has 0 unspecified atom stereocenters. The Kier molecular flexibility index (Phi) is 7.51. The molecule has 0 saturated heterocycles. The summed E-state index contributed by atoms with van der Waals surface area (Å²) in [5, 5.41) is 4.00. The molecule has 5 rings (SSSR count). The van der Waals surface area contributed by atoms with E-state index in [9.17, 15) is 4.79 Å². The van der Waals surface area contributed by atoms with Crippen LogP contribution in [0.5, 0.6) is 5.75 Å². The molecule has 6 nitrogen and oxygen atoms in total. The Balaban J connectivity index is 1.31. The van der Waals surface area contributed by atoms with E-state index in [2.05, 4.69) is 27.0 Å². The van der Waals surface area contributed by atoms with Crippen molar-refractivity contribution in [2.24, 2.45) is 0 Å². The fourth-order valence-corrected chi connectivity index (χ4v) is 5.10. The fourth-order valence-electron chi connectivity index (χ4n) is 4.13. The van der Waals surface area contributed by atoms with Gasteiger partial charge in [-0.3, -0.25) is 9.78 Å². The van der Waals surface area contributed by atoms with Gasteiger partial charge in [-0.05, 0) is 53.9 Å². The molecule has 3 aromatic carbocycles. The highest BCUT2D eigenvalue weighted by Crippen LogP contribution is 2.28. The summed E-state index contributed by atoms with van der Waals surface area (Å²) >= 11 is 1.69. The molecule has 2 aromatic heterocycles. The summed E-state index contributed by atoms with van der Waals surface area (Å²) in [4.78, 5) is 22.0. The Morgan fingerprint density at radius 3 is 2.43 bits per heavy atom. The van der Waals surface area contributed by atoms with Crippen molar-refractivity contribution in [1.29, 1.82) is 0 Å². The average molecular weight is 509 g/mol. The molecule has 0 saturated carbocycles. The molecule has 0 aliphatic carbocycles. The normalized spacial score (nSPS) is 11.8. The Morgan fingerprint density at radius 2 is 1.70 bits per heavy atom. The van der Waals surface area contributed by atoms with E-state index in [1.807, 2.05) is 85.9 Å². The predicted octanol–water partition coefficient (Wildman–Crippen LogP) is 6.27. The first-order valence-electron chi connectivity index (χ1n) is 12.1. The maximum atomic E-state index is 12.8. The molecule has 0 bridgehead atoms. The van der Waals surface area contributed by atoms with Crippen molar-refractivity contribution in [2.45, 2.75) is 30.4 Å². The van der Waals surface area contributed by atoms with Crippen molar-refractivity contribution >= 4 is 28.7 Å². The minimum absolute atomic E-state index is 0.0662. The number of thioether (sulfide) groups is 1. The first-order valence-corrected chi connectivity index (χ1v) is 13.1. The van der Waals surface area contributed by atoms with Gasteiger partial charge < -0.3 is 14.6 Å².